The van der Waals surface area contributed by atoms with Gasteiger partial charge in [0.25, 0.3) is 0 Å². The molecule has 0 heteroatoms. The second-order valence-corrected chi connectivity index (χ2v) is 10.9. The molecule has 0 radical (unpaired) electrons. The van der Waals surface area contributed by atoms with Crippen LogP contribution in [0.3, 0.4) is 0 Å². The van der Waals surface area contributed by atoms with Crippen molar-refractivity contribution < 1.29 is 0 Å². The van der Waals surface area contributed by atoms with Gasteiger partial charge < -0.3 is 0 Å². The summed E-state index contributed by atoms with van der Waals surface area (Å²) in [5.41, 5.74) is 8.32. The lowest BCUT2D eigenvalue weighted by atomic mass is 10.0. The zero-order valence-electron chi connectivity index (χ0n) is 21.1. The molecule has 0 bridgehead atoms. The van der Waals surface area contributed by atoms with E-state index >= 15 is 0 Å². The molecule has 0 aromatic carbocycles. The first-order valence-electron chi connectivity index (χ1n) is 12.5. The molecule has 168 valence electrons. The average Bonchev–Trinajstić information content (AvgIpc) is 3.17. The predicted molar refractivity (Wildman–Crippen MR) is 136 cm³/mol. The summed E-state index contributed by atoms with van der Waals surface area (Å²) in [6.45, 7) is 16.5. The highest BCUT2D eigenvalue weighted by molar-refractivity contribution is 5.19. The summed E-state index contributed by atoms with van der Waals surface area (Å²) in [5.74, 6) is 1.65. The Balaban J connectivity index is 2.04. The molecule has 2 aliphatic carbocycles. The molecule has 0 aliphatic heterocycles. The number of allylic oxidation sites excluding steroid dienone is 10. The molecule has 2 aliphatic rings. The zero-order valence-corrected chi connectivity index (χ0v) is 21.1. The number of fused-ring (bicyclic) bond motifs is 1. The Labute approximate surface area is 188 Å². The highest BCUT2D eigenvalue weighted by Crippen LogP contribution is 2.61. The normalized spacial score (nSPS) is 36.4. The van der Waals surface area contributed by atoms with Gasteiger partial charge in [-0.15, -0.1) is 0 Å². The van der Waals surface area contributed by atoms with Gasteiger partial charge in [-0.25, -0.2) is 0 Å². The maximum absolute atomic E-state index is 2.61. The van der Waals surface area contributed by atoms with E-state index < -0.39 is 0 Å². The Morgan fingerprint density at radius 1 is 0.567 bits per heavy atom. The van der Waals surface area contributed by atoms with Crippen LogP contribution in [0.15, 0.2) is 58.2 Å². The smallest absolute Gasteiger partial charge is 0.0143 e. The maximum Gasteiger partial charge on any atom is -0.0143 e. The van der Waals surface area contributed by atoms with Crippen LogP contribution >= 0.6 is 0 Å². The van der Waals surface area contributed by atoms with Crippen LogP contribution in [-0.2, 0) is 0 Å². The maximum atomic E-state index is 2.61. The quantitative estimate of drug-likeness (QED) is 0.350. The number of hydrogen-bond donors (Lipinski definition) is 0. The molecular weight excluding hydrogens is 360 g/mol. The van der Waals surface area contributed by atoms with Gasteiger partial charge in [0.05, 0.1) is 0 Å². The van der Waals surface area contributed by atoms with Gasteiger partial charge in [0.15, 0.2) is 0 Å². The van der Waals surface area contributed by atoms with Gasteiger partial charge in [0, 0.05) is 0 Å². The van der Waals surface area contributed by atoms with E-state index in [4.69, 9.17) is 0 Å². The van der Waals surface area contributed by atoms with Crippen molar-refractivity contribution in [2.75, 3.05) is 0 Å². The third-order valence-electron chi connectivity index (χ3n) is 7.58. The van der Waals surface area contributed by atoms with E-state index in [2.05, 4.69) is 78.8 Å². The van der Waals surface area contributed by atoms with Crippen molar-refractivity contribution in [3.63, 3.8) is 0 Å². The van der Waals surface area contributed by atoms with Crippen LogP contribution in [0.2, 0.25) is 0 Å². The standard InChI is InChI=1S/C30H48/c1-23-12-8-14-24(2)16-10-18-26(4)20-21-28-29(30(28,6)7)22-27(5)19-11-17-25(3)15-9-13-23/h13-14,17-18,22,28-29H,8-12,15-16,19-21H2,1-7H3/b23-13+,24-14+,25-17+,26-18+,27-22+/t28-,29-/m1/s1. The van der Waals surface area contributed by atoms with Crippen molar-refractivity contribution in [1.29, 1.82) is 0 Å². The first-order chi connectivity index (χ1) is 14.2. The third-order valence-corrected chi connectivity index (χ3v) is 7.58. The van der Waals surface area contributed by atoms with E-state index in [1.807, 2.05) is 0 Å². The largest absolute Gasteiger partial charge is 0.0853 e. The van der Waals surface area contributed by atoms with Crippen LogP contribution in [0.25, 0.3) is 0 Å². The van der Waals surface area contributed by atoms with Crippen LogP contribution in [-0.4, -0.2) is 0 Å². The fourth-order valence-electron chi connectivity index (χ4n) is 5.04. The second-order valence-electron chi connectivity index (χ2n) is 10.9. The lowest BCUT2D eigenvalue weighted by molar-refractivity contribution is 0.528. The molecule has 0 N–H and O–H groups in total. The Bertz CT molecular complexity index is 704. The predicted octanol–water partition coefficient (Wildman–Crippen LogP) is 9.90. The van der Waals surface area contributed by atoms with Crippen molar-refractivity contribution in [1.82, 2.24) is 0 Å². The van der Waals surface area contributed by atoms with Crippen LogP contribution < -0.4 is 0 Å². The van der Waals surface area contributed by atoms with E-state index in [1.54, 1.807) is 27.9 Å². The van der Waals surface area contributed by atoms with E-state index in [-0.39, 0.29) is 0 Å². The Hall–Kier alpha value is -1.30. The third kappa shape index (κ3) is 8.44. The van der Waals surface area contributed by atoms with Gasteiger partial charge in [-0.2, -0.15) is 0 Å². The van der Waals surface area contributed by atoms with Crippen molar-refractivity contribution in [2.45, 2.75) is 113 Å². The molecule has 0 nitrogen and oxygen atoms in total. The molecular formula is C30H48. The molecule has 2 atom stereocenters. The van der Waals surface area contributed by atoms with Crippen molar-refractivity contribution in [3.8, 4) is 0 Å². The summed E-state index contributed by atoms with van der Waals surface area (Å²) < 4.78 is 0. The number of rotatable bonds is 0. The molecule has 0 aromatic heterocycles. The molecule has 0 spiro atoms. The van der Waals surface area contributed by atoms with E-state index in [0.29, 0.717) is 5.41 Å². The first kappa shape index (κ1) is 25.0. The van der Waals surface area contributed by atoms with Gasteiger partial charge in [-0.3, -0.25) is 0 Å². The molecule has 1 fully saturated rings. The Kier molecular flexibility index (Phi) is 9.92. The van der Waals surface area contributed by atoms with E-state index in [1.165, 1.54) is 64.2 Å². The average molecular weight is 409 g/mol. The molecule has 30 heavy (non-hydrogen) atoms. The molecule has 0 aromatic rings. The van der Waals surface area contributed by atoms with Gasteiger partial charge in [-0.1, -0.05) is 72.1 Å². The summed E-state index contributed by atoms with van der Waals surface area (Å²) in [7, 11) is 0. The van der Waals surface area contributed by atoms with E-state index in [9.17, 15) is 0 Å². The van der Waals surface area contributed by atoms with Gasteiger partial charge in [0.1, 0.15) is 0 Å². The lowest BCUT2D eigenvalue weighted by Crippen LogP contribution is -1.91. The fraction of sp³-hybridized carbons (Fsp3) is 0.667. The Morgan fingerprint density at radius 3 is 1.37 bits per heavy atom. The van der Waals surface area contributed by atoms with Gasteiger partial charge in [0.2, 0.25) is 0 Å². The molecule has 0 heterocycles. The van der Waals surface area contributed by atoms with Crippen LogP contribution in [0.5, 0.6) is 0 Å². The minimum Gasteiger partial charge on any atom is -0.0853 e. The lowest BCUT2D eigenvalue weighted by Gasteiger charge is -2.05. The minimum absolute atomic E-state index is 0.492. The SMILES string of the molecule is C/C1=C\CC/C(C)=C/CC/C(C)=C/[C@@H]2[C@@H](CC/C(C)=C/CC/C(C)=C/CC1)C2(C)C. The van der Waals surface area contributed by atoms with Crippen LogP contribution in [0.4, 0.5) is 0 Å². The summed E-state index contributed by atoms with van der Waals surface area (Å²) >= 11 is 0. The van der Waals surface area contributed by atoms with Gasteiger partial charge in [-0.05, 0) is 116 Å². The molecule has 2 rings (SSSR count). The highest BCUT2D eigenvalue weighted by atomic mass is 14.6. The summed E-state index contributed by atoms with van der Waals surface area (Å²) in [6, 6.07) is 0. The fourth-order valence-corrected chi connectivity index (χ4v) is 5.04. The second kappa shape index (κ2) is 11.9. The van der Waals surface area contributed by atoms with Crippen LogP contribution in [0, 0.1) is 17.3 Å². The van der Waals surface area contributed by atoms with Crippen molar-refractivity contribution in [2.24, 2.45) is 17.3 Å². The highest BCUT2D eigenvalue weighted by Gasteiger charge is 2.55. The number of hydrogen-bond acceptors (Lipinski definition) is 0. The van der Waals surface area contributed by atoms with Gasteiger partial charge >= 0.3 is 0 Å². The zero-order chi connectivity index (χ0) is 22.1. The van der Waals surface area contributed by atoms with E-state index in [0.717, 1.165) is 11.8 Å². The summed E-state index contributed by atoms with van der Waals surface area (Å²) in [4.78, 5) is 0. The van der Waals surface area contributed by atoms with Crippen molar-refractivity contribution >= 4 is 0 Å². The van der Waals surface area contributed by atoms with Crippen molar-refractivity contribution in [3.05, 3.63) is 58.2 Å². The first-order valence-corrected chi connectivity index (χ1v) is 12.5. The molecule has 0 saturated heterocycles. The summed E-state index contributed by atoms with van der Waals surface area (Å²) in [6.07, 6.45) is 24.7. The van der Waals surface area contributed by atoms with Crippen LogP contribution in [0.1, 0.15) is 113 Å². The monoisotopic (exact) mass is 408 g/mol. The summed E-state index contributed by atoms with van der Waals surface area (Å²) in [5, 5.41) is 0. The minimum atomic E-state index is 0.492. The molecule has 0 amide bonds. The Morgan fingerprint density at radius 2 is 0.933 bits per heavy atom. The molecule has 0 unspecified atom stereocenters. The molecule has 1 saturated carbocycles. The topological polar surface area (TPSA) is 0 Å².